The fraction of sp³-hybridized carbons (Fsp3) is 0.600. The summed E-state index contributed by atoms with van der Waals surface area (Å²) >= 11 is 4.40. The molecule has 0 aliphatic rings. The molecule has 0 bridgehead atoms. The van der Waals surface area contributed by atoms with Crippen LogP contribution < -0.4 is 4.72 Å². The molecule has 104 valence electrons. The normalized spacial score (nSPS) is 15.6. The van der Waals surface area contributed by atoms with Gasteiger partial charge in [0.25, 0.3) is 0 Å². The first-order chi connectivity index (χ1) is 8.33. The lowest BCUT2D eigenvalue weighted by atomic mass is 10.1. The van der Waals surface area contributed by atoms with E-state index in [0.29, 0.717) is 6.61 Å². The predicted octanol–water partition coefficient (Wildman–Crippen LogP) is 1.84. The van der Waals surface area contributed by atoms with Gasteiger partial charge in [-0.15, -0.1) is 11.3 Å². The van der Waals surface area contributed by atoms with Crippen LogP contribution in [0.1, 0.15) is 6.92 Å². The molecule has 0 radical (unpaired) electrons. The molecule has 0 saturated carbocycles. The second-order valence-corrected chi connectivity index (χ2v) is 8.43. The summed E-state index contributed by atoms with van der Waals surface area (Å²) in [5.41, 5.74) is -0.684. The number of halogens is 1. The number of nitrogens with one attached hydrogen (secondary N) is 1. The minimum atomic E-state index is -3.50. The highest BCUT2D eigenvalue weighted by Crippen LogP contribution is 2.26. The Morgan fingerprint density at radius 3 is 2.56 bits per heavy atom. The molecule has 1 atom stereocenters. The van der Waals surface area contributed by atoms with E-state index in [2.05, 4.69) is 20.7 Å². The van der Waals surface area contributed by atoms with Crippen molar-refractivity contribution in [2.75, 3.05) is 27.4 Å². The molecule has 0 fully saturated rings. The first kappa shape index (κ1) is 16.1. The molecule has 0 amide bonds. The Morgan fingerprint density at radius 1 is 1.44 bits per heavy atom. The van der Waals surface area contributed by atoms with Crippen LogP contribution in [-0.2, 0) is 19.5 Å². The second kappa shape index (κ2) is 6.44. The zero-order chi connectivity index (χ0) is 13.8. The number of hydrogen-bond donors (Lipinski definition) is 1. The van der Waals surface area contributed by atoms with Crippen LogP contribution in [0.3, 0.4) is 0 Å². The van der Waals surface area contributed by atoms with Crippen molar-refractivity contribution >= 4 is 37.3 Å². The summed E-state index contributed by atoms with van der Waals surface area (Å²) in [5, 5.41) is 0. The monoisotopic (exact) mass is 357 g/mol. The van der Waals surface area contributed by atoms with E-state index >= 15 is 0 Å². The predicted molar refractivity (Wildman–Crippen MR) is 74.5 cm³/mol. The Kier molecular flexibility index (Phi) is 5.75. The molecule has 0 aliphatic carbocycles. The van der Waals surface area contributed by atoms with Crippen LogP contribution in [0.2, 0.25) is 0 Å². The first-order valence-electron chi connectivity index (χ1n) is 5.12. The summed E-state index contributed by atoms with van der Waals surface area (Å²) in [6.07, 6.45) is 0. The fourth-order valence-corrected chi connectivity index (χ4v) is 4.46. The zero-order valence-corrected chi connectivity index (χ0v) is 13.6. The summed E-state index contributed by atoms with van der Waals surface area (Å²) in [7, 11) is -0.431. The molecule has 1 N–H and O–H groups in total. The van der Waals surface area contributed by atoms with Crippen LogP contribution in [0.15, 0.2) is 20.1 Å². The number of methoxy groups -OCH3 is 2. The van der Waals surface area contributed by atoms with Crippen molar-refractivity contribution in [3.05, 3.63) is 15.9 Å². The van der Waals surface area contributed by atoms with Gasteiger partial charge < -0.3 is 9.47 Å². The van der Waals surface area contributed by atoms with Crippen LogP contribution in [0.25, 0.3) is 0 Å². The van der Waals surface area contributed by atoms with Gasteiger partial charge >= 0.3 is 0 Å². The quantitative estimate of drug-likeness (QED) is 0.808. The molecule has 1 heterocycles. The number of ether oxygens (including phenoxy) is 2. The average molecular weight is 358 g/mol. The third kappa shape index (κ3) is 4.29. The van der Waals surface area contributed by atoms with Crippen molar-refractivity contribution in [1.82, 2.24) is 4.72 Å². The SMILES string of the molecule is COC[C@](C)(CNS(=O)(=O)c1ccc(Br)s1)OC. The average Bonchev–Trinajstić information content (AvgIpc) is 2.75. The number of rotatable bonds is 7. The molecule has 0 aromatic carbocycles. The van der Waals surface area contributed by atoms with Crippen molar-refractivity contribution in [1.29, 1.82) is 0 Å². The molecule has 5 nitrogen and oxygen atoms in total. The molecule has 0 aliphatic heterocycles. The van der Waals surface area contributed by atoms with E-state index < -0.39 is 15.6 Å². The van der Waals surface area contributed by atoms with Gasteiger partial charge in [0, 0.05) is 20.8 Å². The van der Waals surface area contributed by atoms with Gasteiger partial charge in [-0.2, -0.15) is 0 Å². The number of thiophene rings is 1. The summed E-state index contributed by atoms with van der Waals surface area (Å²) in [5.74, 6) is 0. The summed E-state index contributed by atoms with van der Waals surface area (Å²) in [6, 6.07) is 3.25. The maximum atomic E-state index is 12.0. The minimum absolute atomic E-state index is 0.148. The Morgan fingerprint density at radius 2 is 2.11 bits per heavy atom. The van der Waals surface area contributed by atoms with Crippen LogP contribution in [0.4, 0.5) is 0 Å². The van der Waals surface area contributed by atoms with Gasteiger partial charge in [0.2, 0.25) is 10.0 Å². The van der Waals surface area contributed by atoms with Crippen molar-refractivity contribution in [2.24, 2.45) is 0 Å². The molecule has 1 rings (SSSR count). The first-order valence-corrected chi connectivity index (χ1v) is 8.21. The molecular weight excluding hydrogens is 342 g/mol. The van der Waals surface area contributed by atoms with Crippen LogP contribution in [0, 0.1) is 0 Å². The smallest absolute Gasteiger partial charge is 0.250 e. The van der Waals surface area contributed by atoms with Crippen molar-refractivity contribution in [3.8, 4) is 0 Å². The lowest BCUT2D eigenvalue weighted by molar-refractivity contribution is -0.0460. The lowest BCUT2D eigenvalue weighted by Gasteiger charge is -2.27. The van der Waals surface area contributed by atoms with Crippen molar-refractivity contribution < 1.29 is 17.9 Å². The Labute approximate surface area is 120 Å². The maximum absolute atomic E-state index is 12.0. The highest BCUT2D eigenvalue weighted by molar-refractivity contribution is 9.11. The number of hydrogen-bond acceptors (Lipinski definition) is 5. The Balaban J connectivity index is 2.73. The summed E-state index contributed by atoms with van der Waals surface area (Å²) in [4.78, 5) is 0. The van der Waals surface area contributed by atoms with E-state index in [9.17, 15) is 8.42 Å². The van der Waals surface area contributed by atoms with Crippen LogP contribution in [0.5, 0.6) is 0 Å². The van der Waals surface area contributed by atoms with E-state index in [4.69, 9.17) is 9.47 Å². The van der Waals surface area contributed by atoms with Crippen LogP contribution >= 0.6 is 27.3 Å². The molecule has 0 saturated heterocycles. The fourth-order valence-electron chi connectivity index (χ4n) is 1.25. The van der Waals surface area contributed by atoms with Gasteiger partial charge in [0.1, 0.15) is 9.81 Å². The Bertz CT molecular complexity index is 488. The summed E-state index contributed by atoms with van der Waals surface area (Å²) < 4.78 is 37.8. The van der Waals surface area contributed by atoms with E-state index in [1.807, 2.05) is 0 Å². The van der Waals surface area contributed by atoms with E-state index in [1.165, 1.54) is 7.11 Å². The lowest BCUT2D eigenvalue weighted by Crippen LogP contribution is -2.45. The molecule has 0 unspecified atom stereocenters. The largest absolute Gasteiger partial charge is 0.382 e. The van der Waals surface area contributed by atoms with Crippen molar-refractivity contribution in [3.63, 3.8) is 0 Å². The zero-order valence-electron chi connectivity index (χ0n) is 10.4. The van der Waals surface area contributed by atoms with Gasteiger partial charge in [0.15, 0.2) is 0 Å². The molecule has 18 heavy (non-hydrogen) atoms. The highest BCUT2D eigenvalue weighted by atomic mass is 79.9. The molecule has 8 heteroatoms. The standard InChI is InChI=1S/C10H16BrNO4S2/c1-10(16-3,7-15-2)6-12-18(13,14)9-5-4-8(11)17-9/h4-5,12H,6-7H2,1-3H3/t10-/m0/s1. The van der Waals surface area contributed by atoms with Gasteiger partial charge in [-0.1, -0.05) is 0 Å². The third-order valence-corrected chi connectivity index (χ3v) is 5.91. The van der Waals surface area contributed by atoms with E-state index in [0.717, 1.165) is 15.1 Å². The van der Waals surface area contributed by atoms with E-state index in [-0.39, 0.29) is 10.8 Å². The molecular formula is C10H16BrNO4S2. The third-order valence-electron chi connectivity index (χ3n) is 2.39. The molecule has 1 aromatic rings. The summed E-state index contributed by atoms with van der Waals surface area (Å²) in [6.45, 7) is 2.23. The van der Waals surface area contributed by atoms with Crippen LogP contribution in [-0.4, -0.2) is 41.4 Å². The molecule has 0 spiro atoms. The van der Waals surface area contributed by atoms with Crippen molar-refractivity contribution in [2.45, 2.75) is 16.7 Å². The van der Waals surface area contributed by atoms with Gasteiger partial charge in [-0.25, -0.2) is 13.1 Å². The Hall–Kier alpha value is 0.01000. The second-order valence-electron chi connectivity index (χ2n) is 3.97. The van der Waals surface area contributed by atoms with Gasteiger partial charge in [-0.05, 0) is 35.0 Å². The maximum Gasteiger partial charge on any atom is 0.250 e. The molecule has 1 aromatic heterocycles. The topological polar surface area (TPSA) is 64.6 Å². The highest BCUT2D eigenvalue weighted by Gasteiger charge is 2.27. The van der Waals surface area contributed by atoms with Gasteiger partial charge in [0.05, 0.1) is 10.4 Å². The van der Waals surface area contributed by atoms with Gasteiger partial charge in [-0.3, -0.25) is 0 Å². The minimum Gasteiger partial charge on any atom is -0.382 e. The number of sulfonamides is 1. The van der Waals surface area contributed by atoms with E-state index in [1.54, 1.807) is 26.2 Å².